The summed E-state index contributed by atoms with van der Waals surface area (Å²) < 4.78 is 0. The molecular formula is C14H11N3O4. The molecule has 1 fully saturated rings. The smallest absolute Gasteiger partial charge is 0.373 e. The number of carboxylic acid groups (broad SMARTS) is 1. The lowest BCUT2D eigenvalue weighted by atomic mass is 9.90. The van der Waals surface area contributed by atoms with Gasteiger partial charge in [-0.15, -0.1) is 0 Å². The normalized spacial score (nSPS) is 18.6. The highest BCUT2D eigenvalue weighted by molar-refractivity contribution is 6.01. The van der Waals surface area contributed by atoms with Gasteiger partial charge in [0.1, 0.15) is 0 Å². The van der Waals surface area contributed by atoms with E-state index < -0.39 is 11.9 Å². The van der Waals surface area contributed by atoms with Crippen molar-refractivity contribution in [2.75, 3.05) is 0 Å². The quantitative estimate of drug-likeness (QED) is 0.792. The Hall–Kier alpha value is -2.83. The highest BCUT2D eigenvalue weighted by atomic mass is 16.4. The number of carboxylic acids is 1. The van der Waals surface area contributed by atoms with Gasteiger partial charge < -0.3 is 5.11 Å². The predicted molar refractivity (Wildman–Crippen MR) is 71.6 cm³/mol. The van der Waals surface area contributed by atoms with Gasteiger partial charge in [0.05, 0.1) is 11.4 Å². The first-order chi connectivity index (χ1) is 10.0. The monoisotopic (exact) mass is 285 g/mol. The van der Waals surface area contributed by atoms with Crippen molar-refractivity contribution in [3.05, 3.63) is 35.8 Å². The third-order valence-corrected chi connectivity index (χ3v) is 3.44. The minimum atomic E-state index is -1.21. The van der Waals surface area contributed by atoms with E-state index in [0.29, 0.717) is 29.3 Å². The third kappa shape index (κ3) is 2.45. The zero-order valence-electron chi connectivity index (χ0n) is 10.9. The summed E-state index contributed by atoms with van der Waals surface area (Å²) in [6.45, 7) is 0. The fraction of sp³-hybridized carbons (Fsp3) is 0.214. The van der Waals surface area contributed by atoms with Gasteiger partial charge in [-0.1, -0.05) is 12.1 Å². The summed E-state index contributed by atoms with van der Waals surface area (Å²) in [7, 11) is 0. The van der Waals surface area contributed by atoms with E-state index in [1.54, 1.807) is 18.2 Å². The molecule has 1 aliphatic rings. The molecule has 7 heteroatoms. The van der Waals surface area contributed by atoms with Crippen molar-refractivity contribution in [3.8, 4) is 0 Å². The van der Waals surface area contributed by atoms with Crippen molar-refractivity contribution in [1.29, 1.82) is 0 Å². The second-order valence-corrected chi connectivity index (χ2v) is 4.82. The Bertz CT molecular complexity index is 772. The van der Waals surface area contributed by atoms with Gasteiger partial charge in [0.15, 0.2) is 0 Å². The van der Waals surface area contributed by atoms with Crippen molar-refractivity contribution in [2.45, 2.75) is 18.8 Å². The zero-order valence-corrected chi connectivity index (χ0v) is 10.9. The van der Waals surface area contributed by atoms with Crippen molar-refractivity contribution in [1.82, 2.24) is 15.3 Å². The molecule has 0 aliphatic carbocycles. The van der Waals surface area contributed by atoms with Crippen LogP contribution >= 0.6 is 0 Å². The minimum Gasteiger partial charge on any atom is -0.475 e. The van der Waals surface area contributed by atoms with Gasteiger partial charge in [0.2, 0.25) is 17.6 Å². The molecule has 0 radical (unpaired) electrons. The van der Waals surface area contributed by atoms with Crippen LogP contribution in [-0.2, 0) is 9.59 Å². The van der Waals surface area contributed by atoms with Crippen LogP contribution in [0.1, 0.15) is 34.9 Å². The molecule has 0 spiro atoms. The molecule has 1 unspecified atom stereocenters. The summed E-state index contributed by atoms with van der Waals surface area (Å²) in [5.74, 6) is -2.52. The molecule has 106 valence electrons. The standard InChI is InChI=1S/C14H11N3O4/c18-11-4-3-9(13(19)17-11)7-1-2-8-6-15-12(14(20)21)16-10(8)5-7/h1-2,5-6,9H,3-4H2,(H,20,21)(H,17,18,19). The second kappa shape index (κ2) is 4.93. The number of nitrogens with zero attached hydrogens (tertiary/aromatic N) is 2. The second-order valence-electron chi connectivity index (χ2n) is 4.82. The minimum absolute atomic E-state index is 0.271. The van der Waals surface area contributed by atoms with E-state index in [2.05, 4.69) is 15.3 Å². The first-order valence-corrected chi connectivity index (χ1v) is 6.38. The number of piperidine rings is 1. The summed E-state index contributed by atoms with van der Waals surface area (Å²) >= 11 is 0. The summed E-state index contributed by atoms with van der Waals surface area (Å²) in [4.78, 5) is 41.6. The van der Waals surface area contributed by atoms with Crippen LogP contribution in [-0.4, -0.2) is 32.9 Å². The topological polar surface area (TPSA) is 109 Å². The number of hydrogen-bond donors (Lipinski definition) is 2. The van der Waals surface area contributed by atoms with E-state index in [1.165, 1.54) is 6.20 Å². The Morgan fingerprint density at radius 2 is 2.14 bits per heavy atom. The number of aromatic nitrogens is 2. The van der Waals surface area contributed by atoms with Crippen LogP contribution in [0.15, 0.2) is 24.4 Å². The molecule has 7 nitrogen and oxygen atoms in total. The van der Waals surface area contributed by atoms with Gasteiger partial charge >= 0.3 is 5.97 Å². The molecule has 2 amide bonds. The van der Waals surface area contributed by atoms with Gasteiger partial charge in [-0.2, -0.15) is 0 Å². The van der Waals surface area contributed by atoms with E-state index in [0.717, 1.165) is 0 Å². The predicted octanol–water partition coefficient (Wildman–Crippen LogP) is 0.848. The Kier molecular flexibility index (Phi) is 3.09. The Morgan fingerprint density at radius 3 is 2.86 bits per heavy atom. The fourth-order valence-electron chi connectivity index (χ4n) is 2.37. The lowest BCUT2D eigenvalue weighted by Crippen LogP contribution is -2.39. The van der Waals surface area contributed by atoms with Gasteiger partial charge in [-0.05, 0) is 18.1 Å². The molecule has 1 aromatic carbocycles. The molecule has 2 aromatic rings. The molecule has 1 atom stereocenters. The molecule has 3 rings (SSSR count). The Morgan fingerprint density at radius 1 is 1.33 bits per heavy atom. The number of nitrogens with one attached hydrogen (secondary N) is 1. The Balaban J connectivity index is 2.01. The number of benzene rings is 1. The van der Waals surface area contributed by atoms with E-state index in [4.69, 9.17) is 5.11 Å². The molecule has 0 saturated carbocycles. The lowest BCUT2D eigenvalue weighted by molar-refractivity contribution is -0.134. The summed E-state index contributed by atoms with van der Waals surface area (Å²) in [6.07, 6.45) is 2.16. The van der Waals surface area contributed by atoms with Gasteiger partial charge in [-0.25, -0.2) is 14.8 Å². The van der Waals surface area contributed by atoms with Gasteiger partial charge in [0, 0.05) is 18.0 Å². The fourth-order valence-corrected chi connectivity index (χ4v) is 2.37. The molecule has 21 heavy (non-hydrogen) atoms. The average molecular weight is 285 g/mol. The number of rotatable bonds is 2. The number of imide groups is 1. The third-order valence-electron chi connectivity index (χ3n) is 3.44. The molecular weight excluding hydrogens is 274 g/mol. The van der Waals surface area contributed by atoms with E-state index in [1.807, 2.05) is 0 Å². The van der Waals surface area contributed by atoms with Gasteiger partial charge in [-0.3, -0.25) is 14.9 Å². The molecule has 2 N–H and O–H groups in total. The van der Waals surface area contributed by atoms with Crippen molar-refractivity contribution in [2.24, 2.45) is 0 Å². The summed E-state index contributed by atoms with van der Waals surface area (Å²) in [5, 5.41) is 11.9. The van der Waals surface area contributed by atoms with Crippen molar-refractivity contribution in [3.63, 3.8) is 0 Å². The van der Waals surface area contributed by atoms with Crippen LogP contribution in [0.5, 0.6) is 0 Å². The van der Waals surface area contributed by atoms with Crippen LogP contribution in [0.2, 0.25) is 0 Å². The largest absolute Gasteiger partial charge is 0.475 e. The number of carbonyl (C=O) groups is 3. The molecule has 2 heterocycles. The maximum Gasteiger partial charge on any atom is 0.373 e. The van der Waals surface area contributed by atoms with Crippen LogP contribution in [0.3, 0.4) is 0 Å². The summed E-state index contributed by atoms with van der Waals surface area (Å²) in [5.41, 5.74) is 1.17. The highest BCUT2D eigenvalue weighted by Crippen LogP contribution is 2.26. The maximum atomic E-state index is 11.9. The summed E-state index contributed by atoms with van der Waals surface area (Å²) in [6, 6.07) is 5.18. The first-order valence-electron chi connectivity index (χ1n) is 6.38. The van der Waals surface area contributed by atoms with Crippen LogP contribution in [0, 0.1) is 0 Å². The average Bonchev–Trinajstić information content (AvgIpc) is 2.46. The molecule has 1 saturated heterocycles. The number of hydrogen-bond acceptors (Lipinski definition) is 5. The van der Waals surface area contributed by atoms with Gasteiger partial charge in [0.25, 0.3) is 0 Å². The maximum absolute atomic E-state index is 11.9. The van der Waals surface area contributed by atoms with E-state index in [9.17, 15) is 14.4 Å². The number of fused-ring (bicyclic) bond motifs is 1. The molecule has 0 bridgehead atoms. The van der Waals surface area contributed by atoms with Crippen molar-refractivity contribution >= 4 is 28.7 Å². The highest BCUT2D eigenvalue weighted by Gasteiger charge is 2.28. The van der Waals surface area contributed by atoms with E-state index >= 15 is 0 Å². The van der Waals surface area contributed by atoms with Crippen molar-refractivity contribution < 1.29 is 19.5 Å². The Labute approximate surface area is 119 Å². The molecule has 1 aromatic heterocycles. The SMILES string of the molecule is O=C1CCC(c2ccc3cnc(C(=O)O)nc3c2)C(=O)N1. The number of amides is 2. The van der Waals surface area contributed by atoms with Crippen LogP contribution in [0.25, 0.3) is 10.9 Å². The van der Waals surface area contributed by atoms with Crippen LogP contribution in [0.4, 0.5) is 0 Å². The zero-order chi connectivity index (χ0) is 15.0. The first kappa shape index (κ1) is 13.2. The van der Waals surface area contributed by atoms with E-state index in [-0.39, 0.29) is 17.6 Å². The number of aromatic carboxylic acids is 1. The lowest BCUT2D eigenvalue weighted by Gasteiger charge is -2.21. The molecule has 1 aliphatic heterocycles. The van der Waals surface area contributed by atoms with Crippen LogP contribution < -0.4 is 5.32 Å². The number of carbonyl (C=O) groups excluding carboxylic acids is 2.